The number of fused-ring (bicyclic) bond motifs is 1. The SMILES string of the molecule is CCN(CC)C(=O)Oc1c(F)cc(C)c2ncccc12. The average molecular weight is 276 g/mol. The maximum Gasteiger partial charge on any atom is 0.415 e. The molecule has 0 spiro atoms. The van der Waals surface area contributed by atoms with Crippen molar-refractivity contribution in [1.82, 2.24) is 9.88 Å². The van der Waals surface area contributed by atoms with Crippen LogP contribution in [0.15, 0.2) is 24.4 Å². The summed E-state index contributed by atoms with van der Waals surface area (Å²) in [6.45, 7) is 6.48. The summed E-state index contributed by atoms with van der Waals surface area (Å²) in [6, 6.07) is 4.72. The minimum atomic E-state index is -0.553. The van der Waals surface area contributed by atoms with Crippen LogP contribution in [0.25, 0.3) is 10.9 Å². The van der Waals surface area contributed by atoms with E-state index in [-0.39, 0.29) is 5.75 Å². The van der Waals surface area contributed by atoms with Crippen LogP contribution in [0, 0.1) is 12.7 Å². The van der Waals surface area contributed by atoms with Gasteiger partial charge in [-0.3, -0.25) is 4.98 Å². The van der Waals surface area contributed by atoms with Crippen molar-refractivity contribution in [1.29, 1.82) is 0 Å². The van der Waals surface area contributed by atoms with Crippen LogP contribution in [0.2, 0.25) is 0 Å². The Morgan fingerprint density at radius 1 is 1.40 bits per heavy atom. The van der Waals surface area contributed by atoms with Gasteiger partial charge in [0.2, 0.25) is 0 Å². The molecule has 106 valence electrons. The number of rotatable bonds is 3. The summed E-state index contributed by atoms with van der Waals surface area (Å²) < 4.78 is 19.3. The molecule has 0 saturated carbocycles. The van der Waals surface area contributed by atoms with E-state index in [2.05, 4.69) is 4.98 Å². The second kappa shape index (κ2) is 5.86. The lowest BCUT2D eigenvalue weighted by Gasteiger charge is -2.19. The molecule has 0 saturated heterocycles. The summed E-state index contributed by atoms with van der Waals surface area (Å²) >= 11 is 0. The van der Waals surface area contributed by atoms with Crippen LogP contribution in [-0.4, -0.2) is 29.1 Å². The Morgan fingerprint density at radius 3 is 2.75 bits per heavy atom. The number of carbonyl (C=O) groups is 1. The molecule has 1 amide bonds. The number of amides is 1. The molecule has 0 N–H and O–H groups in total. The molecule has 20 heavy (non-hydrogen) atoms. The molecule has 0 bridgehead atoms. The largest absolute Gasteiger partial charge is 0.415 e. The lowest BCUT2D eigenvalue weighted by Crippen LogP contribution is -2.33. The minimum absolute atomic E-state index is 0.0596. The van der Waals surface area contributed by atoms with Gasteiger partial charge in [-0.05, 0) is 44.5 Å². The fourth-order valence-corrected chi connectivity index (χ4v) is 2.09. The van der Waals surface area contributed by atoms with E-state index in [9.17, 15) is 9.18 Å². The Balaban J connectivity index is 2.47. The molecule has 0 aliphatic carbocycles. The predicted octanol–water partition coefficient (Wildman–Crippen LogP) is 3.52. The van der Waals surface area contributed by atoms with Gasteiger partial charge in [-0.2, -0.15) is 0 Å². The molecule has 2 rings (SSSR count). The fraction of sp³-hybridized carbons (Fsp3) is 0.333. The summed E-state index contributed by atoms with van der Waals surface area (Å²) in [4.78, 5) is 17.7. The van der Waals surface area contributed by atoms with Gasteiger partial charge in [0.25, 0.3) is 0 Å². The van der Waals surface area contributed by atoms with Crippen LogP contribution in [-0.2, 0) is 0 Å². The van der Waals surface area contributed by atoms with Crippen LogP contribution >= 0.6 is 0 Å². The summed E-state index contributed by atoms with van der Waals surface area (Å²) in [5.74, 6) is -0.612. The van der Waals surface area contributed by atoms with E-state index in [1.807, 2.05) is 13.8 Å². The van der Waals surface area contributed by atoms with Crippen molar-refractivity contribution < 1.29 is 13.9 Å². The van der Waals surface area contributed by atoms with Gasteiger partial charge in [0, 0.05) is 24.7 Å². The Morgan fingerprint density at radius 2 is 2.10 bits per heavy atom. The molecule has 0 aliphatic rings. The molecule has 1 heterocycles. The van der Waals surface area contributed by atoms with Gasteiger partial charge in [0.1, 0.15) is 0 Å². The molecule has 0 fully saturated rings. The van der Waals surface area contributed by atoms with Crippen LogP contribution in [0.3, 0.4) is 0 Å². The maximum atomic E-state index is 14.1. The van der Waals surface area contributed by atoms with E-state index in [4.69, 9.17) is 4.74 Å². The summed E-state index contributed by atoms with van der Waals surface area (Å²) in [6.07, 6.45) is 1.08. The number of aryl methyl sites for hydroxylation is 1. The standard InChI is InChI=1S/C15H17FN2O2/c1-4-18(5-2)15(19)20-14-11-7-6-8-17-13(11)10(3)9-12(14)16/h6-9H,4-5H2,1-3H3. The van der Waals surface area contributed by atoms with Gasteiger partial charge in [0.15, 0.2) is 11.6 Å². The molecule has 4 nitrogen and oxygen atoms in total. The highest BCUT2D eigenvalue weighted by atomic mass is 19.1. The first-order valence-corrected chi connectivity index (χ1v) is 6.59. The van der Waals surface area contributed by atoms with Crippen molar-refractivity contribution in [2.24, 2.45) is 0 Å². The second-order valence-electron chi connectivity index (χ2n) is 4.44. The second-order valence-corrected chi connectivity index (χ2v) is 4.44. The van der Waals surface area contributed by atoms with E-state index in [0.717, 1.165) is 0 Å². The van der Waals surface area contributed by atoms with Gasteiger partial charge in [0.05, 0.1) is 5.52 Å². The van der Waals surface area contributed by atoms with Gasteiger partial charge in [-0.25, -0.2) is 9.18 Å². The number of aromatic nitrogens is 1. The fourth-order valence-electron chi connectivity index (χ4n) is 2.09. The number of ether oxygens (including phenoxy) is 1. The first kappa shape index (κ1) is 14.2. The molecule has 1 aromatic heterocycles. The quantitative estimate of drug-likeness (QED) is 0.861. The number of hydrogen-bond acceptors (Lipinski definition) is 3. The average Bonchev–Trinajstić information content (AvgIpc) is 2.45. The van der Waals surface area contributed by atoms with Crippen molar-refractivity contribution in [3.8, 4) is 5.75 Å². The number of nitrogens with zero attached hydrogens (tertiary/aromatic N) is 2. The topological polar surface area (TPSA) is 42.4 Å². The molecule has 5 heteroatoms. The first-order valence-electron chi connectivity index (χ1n) is 6.59. The third-order valence-electron chi connectivity index (χ3n) is 3.20. The molecule has 1 aromatic carbocycles. The van der Waals surface area contributed by atoms with Gasteiger partial charge < -0.3 is 9.64 Å². The Bertz CT molecular complexity index is 639. The number of pyridine rings is 1. The molecular weight excluding hydrogens is 259 g/mol. The maximum absolute atomic E-state index is 14.1. The monoisotopic (exact) mass is 276 g/mol. The van der Waals surface area contributed by atoms with Gasteiger partial charge in [-0.15, -0.1) is 0 Å². The molecule has 0 unspecified atom stereocenters. The highest BCUT2D eigenvalue weighted by Gasteiger charge is 2.18. The van der Waals surface area contributed by atoms with E-state index in [0.29, 0.717) is 29.6 Å². The molecule has 0 radical (unpaired) electrons. The number of halogens is 1. The zero-order valence-corrected chi connectivity index (χ0v) is 11.8. The van der Waals surface area contributed by atoms with E-state index in [1.165, 1.54) is 11.0 Å². The normalized spacial score (nSPS) is 10.6. The van der Waals surface area contributed by atoms with Crippen molar-refractivity contribution in [3.63, 3.8) is 0 Å². The van der Waals surface area contributed by atoms with Gasteiger partial charge >= 0.3 is 6.09 Å². The minimum Gasteiger partial charge on any atom is -0.406 e. The Labute approximate surface area is 117 Å². The molecular formula is C15H17FN2O2. The van der Waals surface area contributed by atoms with Crippen molar-refractivity contribution in [2.45, 2.75) is 20.8 Å². The third-order valence-corrected chi connectivity index (χ3v) is 3.20. The van der Waals surface area contributed by atoms with Crippen LogP contribution in [0.5, 0.6) is 5.75 Å². The molecule has 0 atom stereocenters. The van der Waals surface area contributed by atoms with Crippen LogP contribution < -0.4 is 4.74 Å². The highest BCUT2D eigenvalue weighted by Crippen LogP contribution is 2.30. The van der Waals surface area contributed by atoms with Crippen molar-refractivity contribution in [3.05, 3.63) is 35.8 Å². The van der Waals surface area contributed by atoms with Crippen LogP contribution in [0.1, 0.15) is 19.4 Å². The first-order chi connectivity index (χ1) is 9.58. The number of hydrogen-bond donors (Lipinski definition) is 0. The molecule has 2 aromatic rings. The number of benzene rings is 1. The summed E-state index contributed by atoms with van der Waals surface area (Å²) in [5, 5.41) is 0.505. The third kappa shape index (κ3) is 2.57. The van der Waals surface area contributed by atoms with E-state index in [1.54, 1.807) is 25.3 Å². The zero-order valence-electron chi connectivity index (χ0n) is 11.8. The Kier molecular flexibility index (Phi) is 4.17. The van der Waals surface area contributed by atoms with E-state index >= 15 is 0 Å². The summed E-state index contributed by atoms with van der Waals surface area (Å²) in [5.41, 5.74) is 1.34. The summed E-state index contributed by atoms with van der Waals surface area (Å²) in [7, 11) is 0. The molecule has 0 aliphatic heterocycles. The van der Waals surface area contributed by atoms with Crippen LogP contribution in [0.4, 0.5) is 9.18 Å². The lowest BCUT2D eigenvalue weighted by atomic mass is 10.1. The van der Waals surface area contributed by atoms with Crippen molar-refractivity contribution >= 4 is 17.0 Å². The lowest BCUT2D eigenvalue weighted by molar-refractivity contribution is 0.156. The predicted molar refractivity (Wildman–Crippen MR) is 75.4 cm³/mol. The highest BCUT2D eigenvalue weighted by molar-refractivity contribution is 5.89. The Hall–Kier alpha value is -2.17. The number of carbonyl (C=O) groups excluding carboxylic acids is 1. The zero-order chi connectivity index (χ0) is 14.7. The smallest absolute Gasteiger partial charge is 0.406 e. The van der Waals surface area contributed by atoms with Crippen molar-refractivity contribution in [2.75, 3.05) is 13.1 Å². The van der Waals surface area contributed by atoms with Gasteiger partial charge in [-0.1, -0.05) is 0 Å². The van der Waals surface area contributed by atoms with E-state index < -0.39 is 11.9 Å².